The summed E-state index contributed by atoms with van der Waals surface area (Å²) in [5.41, 5.74) is 0.151. The van der Waals surface area contributed by atoms with Crippen molar-refractivity contribution < 1.29 is 8.42 Å². The predicted octanol–water partition coefficient (Wildman–Crippen LogP) is 1.91. The lowest BCUT2D eigenvalue weighted by Gasteiger charge is -2.08. The molecule has 0 aliphatic rings. The van der Waals surface area contributed by atoms with Crippen LogP contribution in [0.2, 0.25) is 0 Å². The molecule has 0 unspecified atom stereocenters. The van der Waals surface area contributed by atoms with Crippen molar-refractivity contribution in [3.63, 3.8) is 0 Å². The van der Waals surface area contributed by atoms with Crippen molar-refractivity contribution in [3.05, 3.63) is 46.8 Å². The molecule has 0 bridgehead atoms. The lowest BCUT2D eigenvalue weighted by molar-refractivity contribution is 0.600. The molecule has 0 saturated carbocycles. The summed E-state index contributed by atoms with van der Waals surface area (Å²) in [7, 11) is -3.78. The number of nitrogens with zero attached hydrogens (tertiary/aromatic N) is 3. The van der Waals surface area contributed by atoms with Crippen LogP contribution < -0.4 is 4.72 Å². The van der Waals surface area contributed by atoms with Gasteiger partial charge in [-0.15, -0.1) is 0 Å². The van der Waals surface area contributed by atoms with Crippen LogP contribution in [0.25, 0.3) is 0 Å². The van der Waals surface area contributed by atoms with E-state index in [0.29, 0.717) is 4.47 Å². The van der Waals surface area contributed by atoms with E-state index in [1.54, 1.807) is 12.1 Å². The molecule has 0 atom stereocenters. The molecule has 1 N–H and O–H groups in total. The summed E-state index contributed by atoms with van der Waals surface area (Å²) in [4.78, 5) is 7.59. The van der Waals surface area contributed by atoms with Crippen molar-refractivity contribution in [1.82, 2.24) is 9.97 Å². The molecule has 0 fully saturated rings. The SMILES string of the molecule is N#Cc1ccc(S(=O)(=O)Nc2ncccc2Br)cn1. The molecule has 8 heteroatoms. The summed E-state index contributed by atoms with van der Waals surface area (Å²) in [6.45, 7) is 0. The van der Waals surface area contributed by atoms with Gasteiger partial charge in [0, 0.05) is 12.4 Å². The summed E-state index contributed by atoms with van der Waals surface area (Å²) in [5.74, 6) is 0.187. The molecule has 0 radical (unpaired) electrons. The fourth-order valence-corrected chi connectivity index (χ4v) is 2.71. The molecule has 2 heterocycles. The maximum absolute atomic E-state index is 12.1. The molecule has 6 nitrogen and oxygen atoms in total. The molecule has 0 aliphatic heterocycles. The van der Waals surface area contributed by atoms with E-state index in [4.69, 9.17) is 5.26 Å². The Kier molecular flexibility index (Phi) is 3.78. The highest BCUT2D eigenvalue weighted by Gasteiger charge is 2.16. The van der Waals surface area contributed by atoms with Gasteiger partial charge in [-0.2, -0.15) is 5.26 Å². The number of hydrogen-bond donors (Lipinski definition) is 1. The Labute approximate surface area is 118 Å². The summed E-state index contributed by atoms with van der Waals surface area (Å²) >= 11 is 3.20. The molecule has 0 spiro atoms. The van der Waals surface area contributed by atoms with Crippen LogP contribution in [0.5, 0.6) is 0 Å². The van der Waals surface area contributed by atoms with Crippen LogP contribution in [0.4, 0.5) is 5.82 Å². The minimum Gasteiger partial charge on any atom is -0.262 e. The largest absolute Gasteiger partial charge is 0.264 e. The topological polar surface area (TPSA) is 95.7 Å². The molecule has 0 aliphatic carbocycles. The van der Waals surface area contributed by atoms with Crippen molar-refractivity contribution in [3.8, 4) is 6.07 Å². The lowest BCUT2D eigenvalue weighted by Crippen LogP contribution is -2.14. The van der Waals surface area contributed by atoms with E-state index >= 15 is 0 Å². The Hall–Kier alpha value is -1.98. The normalized spacial score (nSPS) is 10.7. The molecule has 19 heavy (non-hydrogen) atoms. The average molecular weight is 339 g/mol. The second kappa shape index (κ2) is 5.34. The first-order valence-electron chi connectivity index (χ1n) is 5.02. The maximum atomic E-state index is 12.1. The van der Waals surface area contributed by atoms with Crippen LogP contribution >= 0.6 is 15.9 Å². The average Bonchev–Trinajstić information content (AvgIpc) is 2.41. The first-order valence-corrected chi connectivity index (χ1v) is 7.30. The van der Waals surface area contributed by atoms with Gasteiger partial charge < -0.3 is 0 Å². The molecule has 0 saturated heterocycles. The van der Waals surface area contributed by atoms with Gasteiger partial charge in [-0.3, -0.25) is 4.72 Å². The minimum atomic E-state index is -3.78. The van der Waals surface area contributed by atoms with Gasteiger partial charge in [0.1, 0.15) is 16.7 Å². The van der Waals surface area contributed by atoms with Gasteiger partial charge in [0.05, 0.1) is 4.47 Å². The zero-order chi connectivity index (χ0) is 13.9. The molecule has 0 aromatic carbocycles. The number of anilines is 1. The van der Waals surface area contributed by atoms with Crippen molar-refractivity contribution >= 4 is 31.8 Å². The predicted molar refractivity (Wildman–Crippen MR) is 71.7 cm³/mol. The molecule has 0 amide bonds. The maximum Gasteiger partial charge on any atom is 0.264 e. The number of rotatable bonds is 3. The second-order valence-corrected chi connectivity index (χ2v) is 5.97. The van der Waals surface area contributed by atoms with Gasteiger partial charge in [0.25, 0.3) is 10.0 Å². The van der Waals surface area contributed by atoms with Crippen LogP contribution in [0, 0.1) is 11.3 Å². The number of sulfonamides is 1. The van der Waals surface area contributed by atoms with E-state index in [1.165, 1.54) is 18.3 Å². The fourth-order valence-electron chi connectivity index (χ4n) is 1.25. The molecule has 96 valence electrons. The fraction of sp³-hybridized carbons (Fsp3) is 0. The Balaban J connectivity index is 2.33. The lowest BCUT2D eigenvalue weighted by atomic mass is 10.4. The summed E-state index contributed by atoms with van der Waals surface area (Å²) in [6, 6.07) is 7.80. The third-order valence-corrected chi connectivity index (χ3v) is 4.11. The van der Waals surface area contributed by atoms with Crippen molar-refractivity contribution in [2.45, 2.75) is 4.90 Å². The van der Waals surface area contributed by atoms with Gasteiger partial charge in [0.2, 0.25) is 0 Å². The van der Waals surface area contributed by atoms with E-state index in [0.717, 1.165) is 6.20 Å². The number of halogens is 1. The van der Waals surface area contributed by atoms with Gasteiger partial charge in [-0.05, 0) is 40.2 Å². The Bertz CT molecular complexity index is 738. The first-order chi connectivity index (χ1) is 9.03. The quantitative estimate of drug-likeness (QED) is 0.922. The van der Waals surface area contributed by atoms with E-state index in [-0.39, 0.29) is 16.4 Å². The second-order valence-electron chi connectivity index (χ2n) is 3.43. The highest BCUT2D eigenvalue weighted by molar-refractivity contribution is 9.10. The highest BCUT2D eigenvalue weighted by atomic mass is 79.9. The van der Waals surface area contributed by atoms with Crippen LogP contribution in [-0.4, -0.2) is 18.4 Å². The summed E-state index contributed by atoms with van der Waals surface area (Å²) < 4.78 is 27.0. The summed E-state index contributed by atoms with van der Waals surface area (Å²) in [6.07, 6.45) is 2.59. The molecular weight excluding hydrogens is 332 g/mol. The number of hydrogen-bond acceptors (Lipinski definition) is 5. The molecule has 2 aromatic rings. The van der Waals surface area contributed by atoms with Crippen molar-refractivity contribution in [2.75, 3.05) is 4.72 Å². The zero-order valence-electron chi connectivity index (χ0n) is 9.41. The highest BCUT2D eigenvalue weighted by Crippen LogP contribution is 2.21. The van der Waals surface area contributed by atoms with E-state index < -0.39 is 10.0 Å². The van der Waals surface area contributed by atoms with Crippen LogP contribution in [0.3, 0.4) is 0 Å². The standard InChI is InChI=1S/C11H7BrN4O2S/c12-10-2-1-5-14-11(10)16-19(17,18)9-4-3-8(6-13)15-7-9/h1-5,7H,(H,14,16). The number of nitriles is 1. The summed E-state index contributed by atoms with van der Waals surface area (Å²) in [5, 5.41) is 8.61. The minimum absolute atomic E-state index is 0.0379. The molecular formula is C11H7BrN4O2S. The first kappa shape index (κ1) is 13.5. The van der Waals surface area contributed by atoms with Gasteiger partial charge in [-0.1, -0.05) is 0 Å². The van der Waals surface area contributed by atoms with Crippen LogP contribution in [-0.2, 0) is 10.0 Å². The van der Waals surface area contributed by atoms with E-state index in [2.05, 4.69) is 30.6 Å². The number of aromatic nitrogens is 2. The van der Waals surface area contributed by atoms with Gasteiger partial charge in [0.15, 0.2) is 5.82 Å². The van der Waals surface area contributed by atoms with E-state index in [9.17, 15) is 8.42 Å². The molecule has 2 rings (SSSR count). The monoisotopic (exact) mass is 338 g/mol. The third-order valence-electron chi connectivity index (χ3n) is 2.15. The van der Waals surface area contributed by atoms with Crippen LogP contribution in [0.15, 0.2) is 46.0 Å². The van der Waals surface area contributed by atoms with Crippen LogP contribution in [0.1, 0.15) is 5.69 Å². The Morgan fingerprint density at radius 2 is 2.05 bits per heavy atom. The smallest absolute Gasteiger partial charge is 0.262 e. The zero-order valence-corrected chi connectivity index (χ0v) is 11.8. The molecule has 2 aromatic heterocycles. The third kappa shape index (κ3) is 3.07. The van der Waals surface area contributed by atoms with Gasteiger partial charge >= 0.3 is 0 Å². The Morgan fingerprint density at radius 3 is 2.63 bits per heavy atom. The number of pyridine rings is 2. The van der Waals surface area contributed by atoms with Crippen molar-refractivity contribution in [1.29, 1.82) is 5.26 Å². The Morgan fingerprint density at radius 1 is 1.26 bits per heavy atom. The van der Waals surface area contributed by atoms with Gasteiger partial charge in [-0.25, -0.2) is 18.4 Å². The van der Waals surface area contributed by atoms with E-state index in [1.807, 2.05) is 6.07 Å². The van der Waals surface area contributed by atoms with Crippen molar-refractivity contribution in [2.24, 2.45) is 0 Å². The number of nitrogens with one attached hydrogen (secondary N) is 1.